The van der Waals surface area contributed by atoms with Crippen LogP contribution in [0.4, 0.5) is 14.9 Å². The van der Waals surface area contributed by atoms with Gasteiger partial charge in [-0.1, -0.05) is 18.2 Å². The molecule has 1 aromatic heterocycles. The van der Waals surface area contributed by atoms with Crippen molar-refractivity contribution in [2.24, 2.45) is 7.05 Å². The molecule has 2 aliphatic heterocycles. The zero-order valence-electron chi connectivity index (χ0n) is 22.3. The summed E-state index contributed by atoms with van der Waals surface area (Å²) in [5, 5.41) is 0. The summed E-state index contributed by atoms with van der Waals surface area (Å²) in [6.07, 6.45) is 4.39. The first-order valence-electron chi connectivity index (χ1n) is 13.1. The number of aryl methyl sites for hydroxylation is 1. The molecule has 1 spiro atoms. The van der Waals surface area contributed by atoms with E-state index in [2.05, 4.69) is 28.9 Å². The third-order valence-corrected chi connectivity index (χ3v) is 7.51. The fourth-order valence-electron chi connectivity index (χ4n) is 5.66. The number of hydrogen-bond acceptors (Lipinski definition) is 5. The number of imidazole rings is 1. The molecular weight excluding hydrogens is 485 g/mol. The summed E-state index contributed by atoms with van der Waals surface area (Å²) >= 11 is 0. The summed E-state index contributed by atoms with van der Waals surface area (Å²) in [4.78, 5) is 37.3. The lowest BCUT2D eigenvalue weighted by molar-refractivity contribution is -0.133. The number of anilines is 1. The number of piperidine rings is 1. The second kappa shape index (κ2) is 10.2. The van der Waals surface area contributed by atoms with E-state index in [-0.39, 0.29) is 24.6 Å². The summed E-state index contributed by atoms with van der Waals surface area (Å²) < 4.78 is 21.9. The summed E-state index contributed by atoms with van der Waals surface area (Å²) in [6.45, 7) is 7.46. The van der Waals surface area contributed by atoms with Crippen LogP contribution in [0.25, 0.3) is 0 Å². The van der Waals surface area contributed by atoms with E-state index >= 15 is 0 Å². The van der Waals surface area contributed by atoms with Crippen LogP contribution in [-0.4, -0.2) is 55.5 Å². The predicted molar refractivity (Wildman–Crippen MR) is 142 cm³/mol. The minimum absolute atomic E-state index is 0.000608. The van der Waals surface area contributed by atoms with Gasteiger partial charge in [-0.2, -0.15) is 0 Å². The topological polar surface area (TPSA) is 70.9 Å². The van der Waals surface area contributed by atoms with Gasteiger partial charge in [-0.15, -0.1) is 0 Å². The number of hydrogen-bond donors (Lipinski definition) is 0. The average molecular weight is 520 g/mol. The maximum atomic E-state index is 14.3. The quantitative estimate of drug-likeness (QED) is 0.422. The minimum Gasteiger partial charge on any atom is -0.491 e. The Kier molecular flexibility index (Phi) is 6.96. The minimum atomic E-state index is -1.09. The molecule has 3 amide bonds. The van der Waals surface area contributed by atoms with Gasteiger partial charge in [-0.25, -0.2) is 14.2 Å². The highest BCUT2D eigenvalue weighted by Gasteiger charge is 2.60. The standard InChI is InChI=1S/C29H34FN5O3/c1-20(2)38-25-10-5-7-22(15-25)18-33-13-11-29(17-21(33)3)27(36)34(19-26-31-12-14-32(26)4)28(37)35(29)24-9-6-8-23(30)16-24/h5-10,12,14-16,20-21H,11,13,17-19H2,1-4H3/t21-,29?/m0/s1. The second-order valence-corrected chi connectivity index (χ2v) is 10.6. The van der Waals surface area contributed by atoms with Crippen molar-refractivity contribution >= 4 is 17.6 Å². The van der Waals surface area contributed by atoms with E-state index in [1.54, 1.807) is 29.1 Å². The highest BCUT2D eigenvalue weighted by atomic mass is 19.1. The Morgan fingerprint density at radius 3 is 2.61 bits per heavy atom. The van der Waals surface area contributed by atoms with E-state index in [1.165, 1.54) is 21.9 Å². The smallest absolute Gasteiger partial charge is 0.332 e. The molecule has 2 fully saturated rings. The molecule has 200 valence electrons. The number of amides is 3. The van der Waals surface area contributed by atoms with Crippen LogP contribution in [0.1, 0.15) is 45.0 Å². The van der Waals surface area contributed by atoms with Crippen molar-refractivity contribution in [2.75, 3.05) is 11.4 Å². The van der Waals surface area contributed by atoms with Gasteiger partial charge in [-0.3, -0.25) is 19.5 Å². The molecule has 0 bridgehead atoms. The normalized spacial score (nSPS) is 22.2. The molecule has 3 heterocycles. The van der Waals surface area contributed by atoms with Crippen LogP contribution in [0.15, 0.2) is 60.9 Å². The molecule has 5 rings (SSSR count). The molecule has 0 radical (unpaired) electrons. The number of benzene rings is 2. The molecule has 0 saturated carbocycles. The predicted octanol–water partition coefficient (Wildman–Crippen LogP) is 4.74. The Bertz CT molecular complexity index is 1340. The van der Waals surface area contributed by atoms with E-state index in [4.69, 9.17) is 4.74 Å². The summed E-state index contributed by atoms with van der Waals surface area (Å²) in [5.74, 6) is 0.734. The third-order valence-electron chi connectivity index (χ3n) is 7.51. The van der Waals surface area contributed by atoms with E-state index in [0.29, 0.717) is 37.4 Å². The van der Waals surface area contributed by atoms with Crippen LogP contribution < -0.4 is 9.64 Å². The maximum absolute atomic E-state index is 14.3. The molecule has 1 unspecified atom stereocenters. The Morgan fingerprint density at radius 2 is 1.92 bits per heavy atom. The van der Waals surface area contributed by atoms with Crippen molar-refractivity contribution in [2.45, 2.75) is 64.4 Å². The van der Waals surface area contributed by atoms with Gasteiger partial charge < -0.3 is 9.30 Å². The number of aromatic nitrogens is 2. The molecule has 0 N–H and O–H groups in total. The van der Waals surface area contributed by atoms with Crippen molar-refractivity contribution < 1.29 is 18.7 Å². The van der Waals surface area contributed by atoms with Gasteiger partial charge in [0.15, 0.2) is 0 Å². The molecule has 2 aromatic carbocycles. The molecule has 3 aromatic rings. The lowest BCUT2D eigenvalue weighted by atomic mass is 9.81. The van der Waals surface area contributed by atoms with Crippen molar-refractivity contribution in [1.29, 1.82) is 0 Å². The maximum Gasteiger partial charge on any atom is 0.332 e. The Labute approximate surface area is 222 Å². The molecule has 8 nitrogen and oxygen atoms in total. The summed E-state index contributed by atoms with van der Waals surface area (Å²) in [5.41, 5.74) is 0.428. The van der Waals surface area contributed by atoms with E-state index in [0.717, 1.165) is 11.3 Å². The van der Waals surface area contributed by atoms with Crippen LogP contribution in [0.3, 0.4) is 0 Å². The molecule has 2 aliphatic rings. The van der Waals surface area contributed by atoms with Gasteiger partial charge >= 0.3 is 6.03 Å². The molecule has 0 aliphatic carbocycles. The van der Waals surface area contributed by atoms with E-state index in [9.17, 15) is 14.0 Å². The zero-order chi connectivity index (χ0) is 27.0. The van der Waals surface area contributed by atoms with Crippen molar-refractivity contribution in [3.05, 3.63) is 78.1 Å². The lowest BCUT2D eigenvalue weighted by Gasteiger charge is -2.45. The second-order valence-electron chi connectivity index (χ2n) is 10.6. The van der Waals surface area contributed by atoms with Crippen LogP contribution in [-0.2, 0) is 24.9 Å². The first kappa shape index (κ1) is 25.9. The van der Waals surface area contributed by atoms with E-state index < -0.39 is 17.4 Å². The van der Waals surface area contributed by atoms with Crippen molar-refractivity contribution in [3.63, 3.8) is 0 Å². The largest absolute Gasteiger partial charge is 0.491 e. The highest BCUT2D eigenvalue weighted by molar-refractivity contribution is 6.16. The van der Waals surface area contributed by atoms with Gasteiger partial charge in [0.05, 0.1) is 12.6 Å². The lowest BCUT2D eigenvalue weighted by Crippen LogP contribution is -2.59. The number of carbonyl (C=O) groups excluding carboxylic acids is 2. The number of carbonyl (C=O) groups is 2. The number of urea groups is 1. The van der Waals surface area contributed by atoms with Gasteiger partial charge in [0.1, 0.15) is 22.9 Å². The van der Waals surface area contributed by atoms with Gasteiger partial charge in [-0.05, 0) is 69.5 Å². The first-order chi connectivity index (χ1) is 18.2. The number of rotatable bonds is 7. The van der Waals surface area contributed by atoms with Crippen LogP contribution in [0, 0.1) is 5.82 Å². The fraction of sp³-hybridized carbons (Fsp3) is 0.414. The van der Waals surface area contributed by atoms with Crippen LogP contribution >= 0.6 is 0 Å². The monoisotopic (exact) mass is 519 g/mol. The van der Waals surface area contributed by atoms with Crippen molar-refractivity contribution in [1.82, 2.24) is 19.4 Å². The first-order valence-corrected chi connectivity index (χ1v) is 13.1. The average Bonchev–Trinajstić information content (AvgIpc) is 3.35. The summed E-state index contributed by atoms with van der Waals surface area (Å²) in [6, 6.07) is 13.6. The highest BCUT2D eigenvalue weighted by Crippen LogP contribution is 2.43. The summed E-state index contributed by atoms with van der Waals surface area (Å²) in [7, 11) is 1.83. The molecular formula is C29H34FN5O3. The third kappa shape index (κ3) is 4.78. The van der Waals surface area contributed by atoms with Crippen molar-refractivity contribution in [3.8, 4) is 5.75 Å². The zero-order valence-corrected chi connectivity index (χ0v) is 22.3. The van der Waals surface area contributed by atoms with Crippen LogP contribution in [0.2, 0.25) is 0 Å². The molecule has 9 heteroatoms. The fourth-order valence-corrected chi connectivity index (χ4v) is 5.66. The number of likely N-dealkylation sites (tertiary alicyclic amines) is 1. The van der Waals surface area contributed by atoms with Gasteiger partial charge in [0.2, 0.25) is 0 Å². The number of nitrogens with zero attached hydrogens (tertiary/aromatic N) is 5. The molecule has 2 saturated heterocycles. The van der Waals surface area contributed by atoms with Gasteiger partial charge in [0, 0.05) is 44.3 Å². The number of imide groups is 1. The van der Waals surface area contributed by atoms with Gasteiger partial charge in [0.25, 0.3) is 5.91 Å². The Morgan fingerprint density at radius 1 is 1.13 bits per heavy atom. The number of halogens is 1. The number of ether oxygens (including phenoxy) is 1. The molecule has 38 heavy (non-hydrogen) atoms. The SMILES string of the molecule is CC(C)Oc1cccc(CN2CCC3(C[C@@H]2C)C(=O)N(Cc2nccn2C)C(=O)N3c2cccc(F)c2)c1. The Balaban J connectivity index is 1.43. The van der Waals surface area contributed by atoms with E-state index in [1.807, 2.05) is 33.0 Å². The van der Waals surface area contributed by atoms with Crippen LogP contribution in [0.5, 0.6) is 5.75 Å². The Hall–Kier alpha value is -3.72. The molecule has 2 atom stereocenters.